The van der Waals surface area contributed by atoms with Gasteiger partial charge in [-0.25, -0.2) is 0 Å². The molecule has 0 aliphatic carbocycles. The van der Waals surface area contributed by atoms with Crippen LogP contribution in [0.2, 0.25) is 0 Å². The lowest BCUT2D eigenvalue weighted by Gasteiger charge is -2.16. The molecule has 0 fully saturated rings. The van der Waals surface area contributed by atoms with E-state index in [1.807, 2.05) is 37.3 Å². The van der Waals surface area contributed by atoms with E-state index >= 15 is 0 Å². The topological polar surface area (TPSA) is 29.1 Å². The van der Waals surface area contributed by atoms with Crippen molar-refractivity contribution in [2.24, 2.45) is 0 Å². The van der Waals surface area contributed by atoms with Gasteiger partial charge in [0.25, 0.3) is 5.91 Å². The molecule has 0 atom stereocenters. The molecule has 0 unspecified atom stereocenters. The molecule has 0 radical (unpaired) electrons. The van der Waals surface area contributed by atoms with Gasteiger partial charge >= 0.3 is 0 Å². The number of hydrogen-bond acceptors (Lipinski definition) is 1. The number of halogens is 1. The predicted molar refractivity (Wildman–Crippen MR) is 89.2 cm³/mol. The van der Waals surface area contributed by atoms with Crippen LogP contribution in [0.15, 0.2) is 42.5 Å². The first kappa shape index (κ1) is 15.6. The molecule has 0 bridgehead atoms. The van der Waals surface area contributed by atoms with Crippen molar-refractivity contribution >= 4 is 23.2 Å². The van der Waals surface area contributed by atoms with Crippen molar-refractivity contribution in [3.05, 3.63) is 64.7 Å². The Morgan fingerprint density at radius 2 is 1.90 bits per heavy atom. The second-order valence-corrected chi connectivity index (χ2v) is 5.75. The smallest absolute Gasteiger partial charge is 0.255 e. The Morgan fingerprint density at radius 1 is 1.19 bits per heavy atom. The standard InChI is InChI=1S/C18H20ClNO/c1-12(2)16-9-4-6-13(3)17(16)20-18(21)15-8-5-7-14(10-15)11-19/h4-10,12H,11H2,1-3H3,(H,20,21). The fourth-order valence-electron chi connectivity index (χ4n) is 2.32. The normalized spacial score (nSPS) is 10.7. The van der Waals surface area contributed by atoms with Gasteiger partial charge in [0.15, 0.2) is 0 Å². The fraction of sp³-hybridized carbons (Fsp3) is 0.278. The third-order valence-electron chi connectivity index (χ3n) is 3.51. The second-order valence-electron chi connectivity index (χ2n) is 5.48. The Morgan fingerprint density at radius 3 is 2.57 bits per heavy atom. The number of rotatable bonds is 4. The molecule has 3 heteroatoms. The molecular formula is C18H20ClNO. The van der Waals surface area contributed by atoms with Gasteiger partial charge < -0.3 is 5.32 Å². The summed E-state index contributed by atoms with van der Waals surface area (Å²) in [6, 6.07) is 13.5. The Kier molecular flexibility index (Phi) is 5.03. The maximum Gasteiger partial charge on any atom is 0.255 e. The number of anilines is 1. The van der Waals surface area contributed by atoms with E-state index in [4.69, 9.17) is 11.6 Å². The molecule has 1 amide bonds. The van der Waals surface area contributed by atoms with Crippen molar-refractivity contribution in [3.63, 3.8) is 0 Å². The van der Waals surface area contributed by atoms with Crippen molar-refractivity contribution in [1.82, 2.24) is 0 Å². The summed E-state index contributed by atoms with van der Waals surface area (Å²) >= 11 is 5.82. The highest BCUT2D eigenvalue weighted by Crippen LogP contribution is 2.27. The fourth-order valence-corrected chi connectivity index (χ4v) is 2.49. The number of aryl methyl sites for hydroxylation is 1. The zero-order chi connectivity index (χ0) is 15.4. The molecule has 0 spiro atoms. The number of carbonyl (C=O) groups excluding carboxylic acids is 1. The molecule has 0 aliphatic heterocycles. The molecule has 110 valence electrons. The molecule has 0 aromatic heterocycles. The van der Waals surface area contributed by atoms with Crippen molar-refractivity contribution in [1.29, 1.82) is 0 Å². The Labute approximate surface area is 131 Å². The van der Waals surface area contributed by atoms with Gasteiger partial charge in [-0.15, -0.1) is 11.6 Å². The van der Waals surface area contributed by atoms with Gasteiger partial charge in [0, 0.05) is 17.1 Å². The molecule has 21 heavy (non-hydrogen) atoms. The summed E-state index contributed by atoms with van der Waals surface area (Å²) in [5.41, 5.74) is 4.71. The average Bonchev–Trinajstić information content (AvgIpc) is 2.49. The lowest BCUT2D eigenvalue weighted by molar-refractivity contribution is 0.102. The SMILES string of the molecule is Cc1cccc(C(C)C)c1NC(=O)c1cccc(CCl)c1. The molecule has 0 heterocycles. The van der Waals surface area contributed by atoms with Crippen LogP contribution in [0.3, 0.4) is 0 Å². The maximum atomic E-state index is 12.5. The first-order valence-corrected chi connectivity index (χ1v) is 7.62. The van der Waals surface area contributed by atoms with E-state index in [0.29, 0.717) is 17.4 Å². The zero-order valence-electron chi connectivity index (χ0n) is 12.6. The molecule has 2 nitrogen and oxygen atoms in total. The van der Waals surface area contributed by atoms with Crippen LogP contribution >= 0.6 is 11.6 Å². The highest BCUT2D eigenvalue weighted by Gasteiger charge is 2.13. The molecule has 0 saturated carbocycles. The average molecular weight is 302 g/mol. The quantitative estimate of drug-likeness (QED) is 0.781. The van der Waals surface area contributed by atoms with Crippen molar-refractivity contribution < 1.29 is 4.79 Å². The van der Waals surface area contributed by atoms with Crippen LogP contribution in [0, 0.1) is 6.92 Å². The highest BCUT2D eigenvalue weighted by molar-refractivity contribution is 6.17. The third-order valence-corrected chi connectivity index (χ3v) is 3.82. The Hall–Kier alpha value is -1.80. The van der Waals surface area contributed by atoms with Gasteiger partial charge in [-0.05, 0) is 41.7 Å². The van der Waals surface area contributed by atoms with Gasteiger partial charge in [-0.3, -0.25) is 4.79 Å². The van der Waals surface area contributed by atoms with Crippen molar-refractivity contribution in [2.45, 2.75) is 32.6 Å². The van der Waals surface area contributed by atoms with E-state index in [1.165, 1.54) is 0 Å². The highest BCUT2D eigenvalue weighted by atomic mass is 35.5. The summed E-state index contributed by atoms with van der Waals surface area (Å²) < 4.78 is 0. The van der Waals surface area contributed by atoms with Gasteiger partial charge in [0.05, 0.1) is 0 Å². The van der Waals surface area contributed by atoms with Crippen molar-refractivity contribution in [2.75, 3.05) is 5.32 Å². The molecule has 0 saturated heterocycles. The minimum absolute atomic E-state index is 0.0989. The van der Waals surface area contributed by atoms with E-state index in [1.54, 1.807) is 6.07 Å². The van der Waals surface area contributed by atoms with Crippen LogP contribution in [0.5, 0.6) is 0 Å². The molecule has 0 aliphatic rings. The summed E-state index contributed by atoms with van der Waals surface area (Å²) in [6.07, 6.45) is 0. The summed E-state index contributed by atoms with van der Waals surface area (Å²) in [6.45, 7) is 6.26. The van der Waals surface area contributed by atoms with Crippen LogP contribution in [0.25, 0.3) is 0 Å². The molecule has 2 rings (SSSR count). The lowest BCUT2D eigenvalue weighted by Crippen LogP contribution is -2.15. The van der Waals surface area contributed by atoms with Gasteiger partial charge in [0.1, 0.15) is 0 Å². The first-order valence-electron chi connectivity index (χ1n) is 7.08. The summed E-state index contributed by atoms with van der Waals surface area (Å²) in [5, 5.41) is 3.05. The minimum Gasteiger partial charge on any atom is -0.321 e. The maximum absolute atomic E-state index is 12.5. The minimum atomic E-state index is -0.0989. The number of carbonyl (C=O) groups is 1. The number of amides is 1. The molecule has 2 aromatic rings. The third kappa shape index (κ3) is 3.64. The van der Waals surface area contributed by atoms with Gasteiger partial charge in [-0.1, -0.05) is 44.2 Å². The van der Waals surface area contributed by atoms with Crippen molar-refractivity contribution in [3.8, 4) is 0 Å². The number of hydrogen-bond donors (Lipinski definition) is 1. The van der Waals surface area contributed by atoms with Crippen LogP contribution in [0.1, 0.15) is 46.8 Å². The van der Waals surface area contributed by atoms with E-state index in [2.05, 4.69) is 25.2 Å². The van der Waals surface area contributed by atoms with Gasteiger partial charge in [0.2, 0.25) is 0 Å². The molecular weight excluding hydrogens is 282 g/mol. The number of nitrogens with one attached hydrogen (secondary N) is 1. The van der Waals surface area contributed by atoms with E-state index < -0.39 is 0 Å². The number of para-hydroxylation sites is 1. The molecule has 1 N–H and O–H groups in total. The number of alkyl halides is 1. The Balaban J connectivity index is 2.31. The zero-order valence-corrected chi connectivity index (χ0v) is 13.4. The summed E-state index contributed by atoms with van der Waals surface area (Å²) in [4.78, 5) is 12.5. The van der Waals surface area contributed by atoms with Crippen LogP contribution in [-0.4, -0.2) is 5.91 Å². The number of benzene rings is 2. The van der Waals surface area contributed by atoms with Crippen LogP contribution in [0.4, 0.5) is 5.69 Å². The van der Waals surface area contributed by atoms with E-state index in [0.717, 1.165) is 22.4 Å². The molecule has 2 aromatic carbocycles. The first-order chi connectivity index (χ1) is 10.0. The van der Waals surface area contributed by atoms with Crippen LogP contribution < -0.4 is 5.32 Å². The van der Waals surface area contributed by atoms with E-state index in [-0.39, 0.29) is 5.91 Å². The van der Waals surface area contributed by atoms with Gasteiger partial charge in [-0.2, -0.15) is 0 Å². The summed E-state index contributed by atoms with van der Waals surface area (Å²) in [7, 11) is 0. The second kappa shape index (κ2) is 6.77. The largest absolute Gasteiger partial charge is 0.321 e. The summed E-state index contributed by atoms with van der Waals surface area (Å²) in [5.74, 6) is 0.662. The lowest BCUT2D eigenvalue weighted by atomic mass is 9.98. The Bertz CT molecular complexity index is 649. The van der Waals surface area contributed by atoms with E-state index in [9.17, 15) is 4.79 Å². The monoisotopic (exact) mass is 301 g/mol. The predicted octanol–water partition coefficient (Wildman–Crippen LogP) is 5.11. The van der Waals surface area contributed by atoms with Crippen LogP contribution in [-0.2, 0) is 5.88 Å².